The highest BCUT2D eigenvalue weighted by molar-refractivity contribution is 7.90. The van der Waals surface area contributed by atoms with E-state index in [9.17, 15) is 8.42 Å². The first-order valence-electron chi connectivity index (χ1n) is 7.94. The molecule has 0 unspecified atom stereocenters. The number of ether oxygens (including phenoxy) is 1. The van der Waals surface area contributed by atoms with Gasteiger partial charge in [0.15, 0.2) is 0 Å². The van der Waals surface area contributed by atoms with E-state index in [1.54, 1.807) is 0 Å². The van der Waals surface area contributed by atoms with Gasteiger partial charge in [0.2, 0.25) is 10.0 Å². The van der Waals surface area contributed by atoms with Crippen molar-refractivity contribution in [1.29, 1.82) is 0 Å². The molecule has 1 saturated heterocycles. The molecule has 0 radical (unpaired) electrons. The van der Waals surface area contributed by atoms with E-state index in [-0.39, 0.29) is 11.3 Å². The topological polar surface area (TPSA) is 67.4 Å². The summed E-state index contributed by atoms with van der Waals surface area (Å²) in [5, 5.41) is 3.27. The molecule has 0 bridgehead atoms. The highest BCUT2D eigenvalue weighted by Crippen LogP contribution is 2.22. The van der Waals surface area contributed by atoms with Crippen LogP contribution in [0.15, 0.2) is 0 Å². The van der Waals surface area contributed by atoms with Crippen molar-refractivity contribution in [3.05, 3.63) is 0 Å². The Morgan fingerprint density at radius 2 is 1.60 bits per heavy atom. The molecule has 0 aromatic rings. The van der Waals surface area contributed by atoms with Crippen molar-refractivity contribution in [3.63, 3.8) is 0 Å². The fraction of sp³-hybridized carbons (Fsp3) is 1.00. The molecular weight excluding hydrogens is 276 g/mol. The van der Waals surface area contributed by atoms with Gasteiger partial charge in [-0.2, -0.15) is 0 Å². The van der Waals surface area contributed by atoms with Crippen molar-refractivity contribution in [2.75, 3.05) is 19.8 Å². The van der Waals surface area contributed by atoms with E-state index in [4.69, 9.17) is 4.74 Å². The lowest BCUT2D eigenvalue weighted by Crippen LogP contribution is -2.46. The third kappa shape index (κ3) is 4.69. The maximum absolute atomic E-state index is 12.3. The monoisotopic (exact) mass is 304 g/mol. The Balaban J connectivity index is 1.76. The average Bonchev–Trinajstić information content (AvgIpc) is 2.47. The first kappa shape index (κ1) is 16.2. The lowest BCUT2D eigenvalue weighted by atomic mass is 9.92. The summed E-state index contributed by atoms with van der Waals surface area (Å²) in [4.78, 5) is 0. The smallest absolute Gasteiger partial charge is 0.214 e. The van der Waals surface area contributed by atoms with Crippen LogP contribution in [0.2, 0.25) is 0 Å². The number of nitrogens with one attached hydrogen (secondary N) is 2. The van der Waals surface area contributed by atoms with Crippen molar-refractivity contribution in [2.45, 2.75) is 69.2 Å². The van der Waals surface area contributed by atoms with E-state index >= 15 is 0 Å². The summed E-state index contributed by atoms with van der Waals surface area (Å²) in [5.74, 6) is 0. The van der Waals surface area contributed by atoms with Gasteiger partial charge in [-0.15, -0.1) is 0 Å². The highest BCUT2D eigenvalue weighted by Gasteiger charge is 2.31. The van der Waals surface area contributed by atoms with E-state index in [0.717, 1.165) is 38.6 Å². The molecule has 2 rings (SSSR count). The summed E-state index contributed by atoms with van der Waals surface area (Å²) in [6.45, 7) is 4.36. The lowest BCUT2D eigenvalue weighted by Gasteiger charge is -2.31. The Bertz CT molecular complexity index is 372. The van der Waals surface area contributed by atoms with E-state index in [1.165, 1.54) is 0 Å². The molecule has 118 valence electrons. The number of sulfonamides is 1. The zero-order valence-electron chi connectivity index (χ0n) is 12.4. The molecule has 6 heteroatoms. The zero-order valence-corrected chi connectivity index (χ0v) is 13.3. The van der Waals surface area contributed by atoms with Crippen LogP contribution < -0.4 is 10.0 Å². The Labute approximate surface area is 122 Å². The van der Waals surface area contributed by atoms with Crippen LogP contribution in [-0.2, 0) is 14.8 Å². The third-order valence-electron chi connectivity index (χ3n) is 4.35. The van der Waals surface area contributed by atoms with Crippen LogP contribution in [0.1, 0.15) is 51.9 Å². The molecule has 0 atom stereocenters. The van der Waals surface area contributed by atoms with Crippen molar-refractivity contribution in [1.82, 2.24) is 10.0 Å². The summed E-state index contributed by atoms with van der Waals surface area (Å²) in [6, 6.07) is 0.696. The molecule has 2 fully saturated rings. The molecular formula is C14H28N2O3S. The third-order valence-corrected chi connectivity index (χ3v) is 6.36. The summed E-state index contributed by atoms with van der Waals surface area (Å²) in [5.41, 5.74) is 0. The van der Waals surface area contributed by atoms with Gasteiger partial charge in [-0.3, -0.25) is 0 Å². The summed E-state index contributed by atoms with van der Waals surface area (Å²) < 4.78 is 32.8. The molecule has 0 amide bonds. The first-order valence-corrected chi connectivity index (χ1v) is 9.48. The fourth-order valence-electron chi connectivity index (χ4n) is 3.08. The number of hydrogen-bond acceptors (Lipinski definition) is 4. The van der Waals surface area contributed by atoms with Crippen LogP contribution in [0.4, 0.5) is 0 Å². The van der Waals surface area contributed by atoms with Crippen molar-refractivity contribution in [3.8, 4) is 0 Å². The van der Waals surface area contributed by atoms with Crippen molar-refractivity contribution >= 4 is 10.0 Å². The second-order valence-electron chi connectivity index (χ2n) is 5.98. The maximum atomic E-state index is 12.3. The molecule has 1 saturated carbocycles. The van der Waals surface area contributed by atoms with Crippen molar-refractivity contribution < 1.29 is 13.2 Å². The molecule has 2 aliphatic rings. The normalized spacial score (nSPS) is 29.4. The predicted octanol–water partition coefficient (Wildman–Crippen LogP) is 1.40. The minimum Gasteiger partial charge on any atom is -0.381 e. The molecule has 0 aromatic carbocycles. The van der Waals surface area contributed by atoms with Gasteiger partial charge in [0, 0.05) is 25.3 Å². The van der Waals surface area contributed by atoms with E-state index in [0.29, 0.717) is 32.1 Å². The van der Waals surface area contributed by atoms with Crippen LogP contribution >= 0.6 is 0 Å². The molecule has 0 aromatic heterocycles. The van der Waals surface area contributed by atoms with E-state index in [1.807, 2.05) is 0 Å². The zero-order chi connectivity index (χ0) is 14.4. The average molecular weight is 304 g/mol. The lowest BCUT2D eigenvalue weighted by molar-refractivity contribution is 0.0980. The minimum absolute atomic E-state index is 0.127. The second-order valence-corrected chi connectivity index (χ2v) is 7.97. The molecule has 1 aliphatic carbocycles. The summed E-state index contributed by atoms with van der Waals surface area (Å²) >= 11 is 0. The Morgan fingerprint density at radius 3 is 2.20 bits per heavy atom. The fourth-order valence-corrected chi connectivity index (χ4v) is 4.78. The maximum Gasteiger partial charge on any atom is 0.214 e. The summed E-state index contributed by atoms with van der Waals surface area (Å²) in [6.07, 6.45) is 6.44. The standard InChI is InChI=1S/C14H28N2O3S/c1-2-9-15-12-3-5-13(6-4-12)16-20(17,18)14-7-10-19-11-8-14/h12-16H,2-11H2,1H3. The molecule has 1 heterocycles. The molecule has 1 aliphatic heterocycles. The molecule has 0 spiro atoms. The van der Waals surface area contributed by atoms with Gasteiger partial charge in [-0.05, 0) is 51.5 Å². The quantitative estimate of drug-likeness (QED) is 0.778. The van der Waals surface area contributed by atoms with Gasteiger partial charge in [0.05, 0.1) is 5.25 Å². The van der Waals surface area contributed by atoms with E-state index in [2.05, 4.69) is 17.0 Å². The van der Waals surface area contributed by atoms with Gasteiger partial charge in [0.1, 0.15) is 0 Å². The van der Waals surface area contributed by atoms with Gasteiger partial charge >= 0.3 is 0 Å². The Kier molecular flexibility index (Phi) is 6.26. The van der Waals surface area contributed by atoms with Gasteiger partial charge in [-0.25, -0.2) is 13.1 Å². The van der Waals surface area contributed by atoms with Crippen LogP contribution in [0, 0.1) is 0 Å². The molecule has 2 N–H and O–H groups in total. The van der Waals surface area contributed by atoms with Gasteiger partial charge in [0.25, 0.3) is 0 Å². The number of rotatable bonds is 6. The van der Waals surface area contributed by atoms with Gasteiger partial charge < -0.3 is 10.1 Å². The molecule has 5 nitrogen and oxygen atoms in total. The van der Waals surface area contributed by atoms with Crippen LogP contribution in [0.25, 0.3) is 0 Å². The Hall–Kier alpha value is -0.170. The summed E-state index contributed by atoms with van der Waals surface area (Å²) in [7, 11) is -3.17. The number of hydrogen-bond donors (Lipinski definition) is 2. The second kappa shape index (κ2) is 7.73. The van der Waals surface area contributed by atoms with Gasteiger partial charge in [-0.1, -0.05) is 6.92 Å². The molecule has 20 heavy (non-hydrogen) atoms. The SMILES string of the molecule is CCCNC1CCC(NS(=O)(=O)C2CCOCC2)CC1. The van der Waals surface area contributed by atoms with Crippen LogP contribution in [-0.4, -0.2) is 45.5 Å². The predicted molar refractivity (Wildman–Crippen MR) is 80.2 cm³/mol. The largest absolute Gasteiger partial charge is 0.381 e. The minimum atomic E-state index is -3.17. The van der Waals surface area contributed by atoms with E-state index < -0.39 is 10.0 Å². The van der Waals surface area contributed by atoms with Crippen molar-refractivity contribution in [2.24, 2.45) is 0 Å². The first-order chi connectivity index (χ1) is 9.62. The highest BCUT2D eigenvalue weighted by atomic mass is 32.2. The van der Waals surface area contributed by atoms with Crippen LogP contribution in [0.5, 0.6) is 0 Å². The van der Waals surface area contributed by atoms with Crippen LogP contribution in [0.3, 0.4) is 0 Å². The Morgan fingerprint density at radius 1 is 1.00 bits per heavy atom.